The third kappa shape index (κ3) is 4.24. The maximum atomic E-state index is 3.85. The molecule has 1 nitrogen and oxygen atoms in total. The van der Waals surface area contributed by atoms with Gasteiger partial charge in [0.25, 0.3) is 0 Å². The molecule has 3 heteroatoms. The highest BCUT2D eigenvalue weighted by atomic mass is 32.2. The van der Waals surface area contributed by atoms with E-state index < -0.39 is 0 Å². The van der Waals surface area contributed by atoms with Crippen molar-refractivity contribution in [3.8, 4) is 0 Å². The van der Waals surface area contributed by atoms with Crippen molar-refractivity contribution in [2.24, 2.45) is 5.92 Å². The number of hydrogen-bond donors (Lipinski definition) is 1. The summed E-state index contributed by atoms with van der Waals surface area (Å²) in [6.07, 6.45) is 6.66. The van der Waals surface area contributed by atoms with Gasteiger partial charge in [-0.25, -0.2) is 0 Å². The minimum atomic E-state index is 0.591. The number of thiophene rings is 1. The summed E-state index contributed by atoms with van der Waals surface area (Å²) in [5.74, 6) is 0.854. The smallest absolute Gasteiger partial charge is 0.0649 e. The molecule has 2 heterocycles. The van der Waals surface area contributed by atoms with Crippen LogP contribution in [0.1, 0.15) is 64.5 Å². The Morgan fingerprint density at radius 3 is 3.00 bits per heavy atom. The third-order valence-electron chi connectivity index (χ3n) is 4.11. The van der Waals surface area contributed by atoms with E-state index >= 15 is 0 Å². The normalized spacial score (nSPS) is 24.2. The van der Waals surface area contributed by atoms with E-state index in [-0.39, 0.29) is 0 Å². The molecule has 0 radical (unpaired) electrons. The van der Waals surface area contributed by atoms with E-state index in [1.54, 1.807) is 5.56 Å². The molecule has 108 valence electrons. The van der Waals surface area contributed by atoms with Crippen LogP contribution < -0.4 is 5.32 Å². The van der Waals surface area contributed by atoms with Gasteiger partial charge in [0.1, 0.15) is 0 Å². The van der Waals surface area contributed by atoms with Crippen molar-refractivity contribution >= 4 is 23.1 Å². The van der Waals surface area contributed by atoms with Gasteiger partial charge in [0.05, 0.1) is 4.21 Å². The summed E-state index contributed by atoms with van der Waals surface area (Å²) in [5.41, 5.74) is 1.55. The first kappa shape index (κ1) is 15.4. The fourth-order valence-electron chi connectivity index (χ4n) is 2.79. The van der Waals surface area contributed by atoms with Gasteiger partial charge in [0, 0.05) is 11.3 Å². The Bertz CT molecular complexity index is 375. The number of unbranched alkanes of at least 4 members (excludes halogenated alkanes) is 1. The van der Waals surface area contributed by atoms with Crippen LogP contribution in [0.25, 0.3) is 0 Å². The summed E-state index contributed by atoms with van der Waals surface area (Å²) in [4.78, 5) is 0. The molecule has 1 aliphatic heterocycles. The Morgan fingerprint density at radius 1 is 1.42 bits per heavy atom. The van der Waals surface area contributed by atoms with E-state index in [4.69, 9.17) is 0 Å². The monoisotopic (exact) mass is 297 g/mol. The largest absolute Gasteiger partial charge is 0.310 e. The molecule has 0 spiro atoms. The zero-order valence-electron chi connectivity index (χ0n) is 12.4. The van der Waals surface area contributed by atoms with Crippen molar-refractivity contribution in [3.63, 3.8) is 0 Å². The lowest BCUT2D eigenvalue weighted by Crippen LogP contribution is -2.30. The van der Waals surface area contributed by atoms with Gasteiger partial charge in [-0.15, -0.1) is 23.1 Å². The van der Waals surface area contributed by atoms with Gasteiger partial charge in [-0.2, -0.15) is 0 Å². The highest BCUT2D eigenvalue weighted by Gasteiger charge is 2.26. The van der Waals surface area contributed by atoms with Crippen molar-refractivity contribution in [1.82, 2.24) is 5.32 Å². The van der Waals surface area contributed by atoms with Crippen molar-refractivity contribution < 1.29 is 0 Å². The summed E-state index contributed by atoms with van der Waals surface area (Å²) in [5, 5.41) is 6.85. The second-order valence-corrected chi connectivity index (χ2v) is 8.33. The molecule has 0 fully saturated rings. The van der Waals surface area contributed by atoms with Gasteiger partial charge in [-0.05, 0) is 42.3 Å². The molecule has 0 aliphatic carbocycles. The maximum Gasteiger partial charge on any atom is 0.0649 e. The minimum Gasteiger partial charge on any atom is -0.310 e. The Kier molecular flexibility index (Phi) is 6.24. The maximum absolute atomic E-state index is 3.85. The lowest BCUT2D eigenvalue weighted by atomic mass is 9.97. The van der Waals surface area contributed by atoms with Crippen LogP contribution in [0.3, 0.4) is 0 Å². The highest BCUT2D eigenvalue weighted by Crippen LogP contribution is 2.43. The van der Waals surface area contributed by atoms with E-state index in [2.05, 4.69) is 49.3 Å². The van der Waals surface area contributed by atoms with E-state index in [9.17, 15) is 0 Å². The SMILES string of the molecule is CCCCC(CC)CNC1C[C@H](C)Sc2sccc21. The molecule has 0 aromatic carbocycles. The van der Waals surface area contributed by atoms with Crippen molar-refractivity contribution in [2.45, 2.75) is 68.4 Å². The van der Waals surface area contributed by atoms with Crippen LogP contribution >= 0.6 is 23.1 Å². The molecule has 1 aromatic heterocycles. The molecule has 0 amide bonds. The second-order valence-electron chi connectivity index (χ2n) is 5.70. The lowest BCUT2D eigenvalue weighted by Gasteiger charge is -2.29. The summed E-state index contributed by atoms with van der Waals surface area (Å²) in [6.45, 7) is 8.17. The van der Waals surface area contributed by atoms with Crippen molar-refractivity contribution in [1.29, 1.82) is 0 Å². The van der Waals surface area contributed by atoms with Crippen LogP contribution in [-0.2, 0) is 0 Å². The van der Waals surface area contributed by atoms with Crippen LogP contribution in [0.15, 0.2) is 15.7 Å². The molecule has 2 unspecified atom stereocenters. The summed E-state index contributed by atoms with van der Waals surface area (Å²) in [7, 11) is 0. The Balaban J connectivity index is 1.89. The topological polar surface area (TPSA) is 12.0 Å². The summed E-state index contributed by atoms with van der Waals surface area (Å²) < 4.78 is 1.54. The molecular formula is C16H27NS2. The molecular weight excluding hydrogens is 270 g/mol. The minimum absolute atomic E-state index is 0.591. The first-order chi connectivity index (χ1) is 9.24. The zero-order chi connectivity index (χ0) is 13.7. The van der Waals surface area contributed by atoms with Gasteiger partial charge in [0.15, 0.2) is 0 Å². The van der Waals surface area contributed by atoms with Crippen LogP contribution in [0.4, 0.5) is 0 Å². The lowest BCUT2D eigenvalue weighted by molar-refractivity contribution is 0.379. The van der Waals surface area contributed by atoms with Crippen LogP contribution in [0, 0.1) is 5.92 Å². The fourth-order valence-corrected chi connectivity index (χ4v) is 5.36. The Morgan fingerprint density at radius 2 is 2.26 bits per heavy atom. The Labute approximate surface area is 126 Å². The molecule has 3 atom stereocenters. The summed E-state index contributed by atoms with van der Waals surface area (Å²) in [6, 6.07) is 2.91. The molecule has 1 N–H and O–H groups in total. The van der Waals surface area contributed by atoms with Crippen LogP contribution in [0.2, 0.25) is 0 Å². The van der Waals surface area contributed by atoms with E-state index in [0.29, 0.717) is 6.04 Å². The van der Waals surface area contributed by atoms with Crippen molar-refractivity contribution in [3.05, 3.63) is 17.0 Å². The van der Waals surface area contributed by atoms with Gasteiger partial charge in [-0.3, -0.25) is 0 Å². The number of rotatable bonds is 7. The highest BCUT2D eigenvalue weighted by molar-refractivity contribution is 8.01. The first-order valence-electron chi connectivity index (χ1n) is 7.72. The number of thioether (sulfide) groups is 1. The summed E-state index contributed by atoms with van der Waals surface area (Å²) >= 11 is 3.96. The molecule has 0 bridgehead atoms. The Hall–Kier alpha value is 0.0100. The van der Waals surface area contributed by atoms with E-state index in [1.807, 2.05) is 11.3 Å². The molecule has 0 saturated carbocycles. The number of fused-ring (bicyclic) bond motifs is 1. The average molecular weight is 298 g/mol. The standard InChI is InChI=1S/C16H27NS2/c1-4-6-7-13(5-2)11-17-15-10-12(3)19-16-14(15)8-9-18-16/h8-9,12-13,15,17H,4-7,10-11H2,1-3H3/t12-,13?,15?/m0/s1. The average Bonchev–Trinajstić information content (AvgIpc) is 2.86. The van der Waals surface area contributed by atoms with Crippen LogP contribution in [-0.4, -0.2) is 11.8 Å². The molecule has 0 saturated heterocycles. The zero-order valence-corrected chi connectivity index (χ0v) is 14.1. The van der Waals surface area contributed by atoms with Gasteiger partial charge in [0.2, 0.25) is 0 Å². The molecule has 19 heavy (non-hydrogen) atoms. The first-order valence-corrected chi connectivity index (χ1v) is 9.47. The van der Waals surface area contributed by atoms with Gasteiger partial charge in [-0.1, -0.05) is 40.0 Å². The molecule has 1 aliphatic rings. The molecule has 2 rings (SSSR count). The predicted octanol–water partition coefficient (Wildman–Crippen LogP) is 5.48. The van der Waals surface area contributed by atoms with E-state index in [1.165, 1.54) is 42.9 Å². The third-order valence-corrected chi connectivity index (χ3v) is 6.45. The van der Waals surface area contributed by atoms with Gasteiger partial charge < -0.3 is 5.32 Å². The fraction of sp³-hybridized carbons (Fsp3) is 0.750. The van der Waals surface area contributed by atoms with Crippen LogP contribution in [0.5, 0.6) is 0 Å². The predicted molar refractivity (Wildman–Crippen MR) is 88.3 cm³/mol. The van der Waals surface area contributed by atoms with Crippen molar-refractivity contribution in [2.75, 3.05) is 6.54 Å². The quantitative estimate of drug-likeness (QED) is 0.715. The second kappa shape index (κ2) is 7.70. The molecule has 1 aromatic rings. The number of nitrogens with one attached hydrogen (secondary N) is 1. The number of hydrogen-bond acceptors (Lipinski definition) is 3. The van der Waals surface area contributed by atoms with E-state index in [0.717, 1.165) is 11.2 Å². The van der Waals surface area contributed by atoms with Gasteiger partial charge >= 0.3 is 0 Å².